The molecule has 5 heterocycles. The predicted molar refractivity (Wildman–Crippen MR) is 233 cm³/mol. The van der Waals surface area contributed by atoms with E-state index in [-0.39, 0.29) is 42.4 Å². The van der Waals surface area contributed by atoms with E-state index in [1.54, 1.807) is 46.7 Å². The Kier molecular flexibility index (Phi) is 20.1. The van der Waals surface area contributed by atoms with E-state index in [9.17, 15) is 51.1 Å². The molecule has 0 radical (unpaired) electrons. The Bertz CT molecular complexity index is 2250. The predicted octanol–water partition coefficient (Wildman–Crippen LogP) is 6.93. The van der Waals surface area contributed by atoms with Crippen molar-refractivity contribution in [1.29, 1.82) is 0 Å². The highest BCUT2D eigenvalue weighted by Gasteiger charge is 2.44. The van der Waals surface area contributed by atoms with E-state index >= 15 is 0 Å². The molecule has 3 aliphatic heterocycles. The fourth-order valence-corrected chi connectivity index (χ4v) is 11.6. The molecule has 10 atom stereocenters. The topological polar surface area (TPSA) is 283 Å². The minimum atomic E-state index is -5.53. The van der Waals surface area contributed by atoms with Crippen LogP contribution < -0.4 is 10.6 Å². The van der Waals surface area contributed by atoms with Crippen LogP contribution >= 0.6 is 56.8 Å². The van der Waals surface area contributed by atoms with Gasteiger partial charge >= 0.3 is 36.5 Å². The lowest BCUT2D eigenvalue weighted by Crippen LogP contribution is -2.48. The fraction of sp³-hybridized carbons (Fsp3) is 0.559. The number of nitrogens with one attached hydrogen (secondary N) is 2. The third-order valence-corrected chi connectivity index (χ3v) is 15.6. The van der Waals surface area contributed by atoms with Crippen molar-refractivity contribution in [1.82, 2.24) is 29.7 Å². The number of phosphoric acid groups is 2. The number of imide groups is 1. The molecule has 372 valence electrons. The number of hydrogen-bond acceptors (Lipinski definition) is 20. The standard InChI is InChI=1S/C34H45F4N7O16P4S2/c1-66-15-12-39-29-28-30(43-32(42-29)67-14-11-34(35,36)37)45(20-40-28)27-10-9-22(56-27)18-55-64(49,50)61-65(51,52)60-63(48)59-62-54-17-23-16-24(58-25(19-53-38)21-6-3-2-4-7-21)31(57-23)44-13-5-8-26(46)41-33(44)47/h2-7,13,20,22-25,27,31,48,62H,8-12,14-19H2,1H3,(H,49,50)(H,51,52)(H,39,42,43)(H,41,46,47)/t22?,23?,24?,25?,27?,31-,63?/m1/s1. The van der Waals surface area contributed by atoms with Gasteiger partial charge in [0.15, 0.2) is 37.4 Å². The third-order valence-electron chi connectivity index (χ3n) is 9.45. The highest BCUT2D eigenvalue weighted by Crippen LogP contribution is 2.66. The maximum atomic E-state index is 13.1. The summed E-state index contributed by atoms with van der Waals surface area (Å²) in [6, 6.07) is 7.73. The van der Waals surface area contributed by atoms with Gasteiger partial charge in [0.25, 0.3) is 0 Å². The number of carbonyl (C=O) groups is 2. The third kappa shape index (κ3) is 16.5. The number of carbonyl (C=O) groups excluding carboxylic acids is 2. The molecule has 67 heavy (non-hydrogen) atoms. The molecule has 2 fully saturated rings. The van der Waals surface area contributed by atoms with Gasteiger partial charge < -0.3 is 38.7 Å². The van der Waals surface area contributed by atoms with Crippen molar-refractivity contribution in [3.8, 4) is 0 Å². The van der Waals surface area contributed by atoms with E-state index < -0.39 is 108 Å². The average Bonchev–Trinajstić information content (AvgIpc) is 3.99. The second-order valence-electron chi connectivity index (χ2n) is 14.3. The zero-order chi connectivity index (χ0) is 48.2. The molecule has 9 unspecified atom stereocenters. The van der Waals surface area contributed by atoms with Gasteiger partial charge in [0, 0.05) is 37.1 Å². The number of aromatic nitrogens is 4. The molecule has 0 aliphatic carbocycles. The van der Waals surface area contributed by atoms with Crippen molar-refractivity contribution >= 4 is 85.7 Å². The summed E-state index contributed by atoms with van der Waals surface area (Å²) in [7, 11) is -15.2. The Balaban J connectivity index is 0.966. The van der Waals surface area contributed by atoms with Crippen molar-refractivity contribution in [2.45, 2.75) is 80.3 Å². The van der Waals surface area contributed by atoms with E-state index in [1.807, 2.05) is 6.26 Å². The molecule has 6 rings (SSSR count). The van der Waals surface area contributed by atoms with Crippen LogP contribution in [0.4, 0.5) is 28.3 Å². The van der Waals surface area contributed by atoms with Crippen LogP contribution in [0.5, 0.6) is 0 Å². The number of imidazole rings is 1. The molecular formula is C34H45F4N7O16P4S2. The number of urea groups is 1. The van der Waals surface area contributed by atoms with Crippen LogP contribution in [0.25, 0.3) is 11.2 Å². The van der Waals surface area contributed by atoms with E-state index in [1.165, 1.54) is 18.6 Å². The number of hydrogen-bond donors (Lipinski definition) is 5. The fourth-order valence-electron chi connectivity index (χ4n) is 6.59. The van der Waals surface area contributed by atoms with E-state index in [2.05, 4.69) is 39.1 Å². The summed E-state index contributed by atoms with van der Waals surface area (Å²) in [6.45, 7) is -0.894. The molecule has 3 amide bonds. The molecule has 33 heteroatoms. The number of fused-ring (bicyclic) bond motifs is 1. The van der Waals surface area contributed by atoms with Crippen LogP contribution in [-0.4, -0.2) is 126 Å². The molecule has 3 aromatic rings. The molecule has 0 saturated carbocycles. The van der Waals surface area contributed by atoms with Gasteiger partial charge in [-0.25, -0.2) is 33.2 Å². The summed E-state index contributed by atoms with van der Waals surface area (Å²) < 4.78 is 121. The van der Waals surface area contributed by atoms with Crippen LogP contribution in [-0.2, 0) is 55.1 Å². The first kappa shape index (κ1) is 53.9. The quantitative estimate of drug-likeness (QED) is 0.0179. The number of phosphoric ester groups is 1. The summed E-state index contributed by atoms with van der Waals surface area (Å²) in [6.07, 6.45) is -4.21. The Morgan fingerprint density at radius 3 is 2.63 bits per heavy atom. The number of benzene rings is 1. The number of anilines is 1. The second-order valence-corrected chi connectivity index (χ2v) is 21.5. The number of ether oxygens (including phenoxy) is 3. The molecule has 23 nitrogen and oxygen atoms in total. The van der Waals surface area contributed by atoms with E-state index in [0.29, 0.717) is 35.6 Å². The molecule has 2 aromatic heterocycles. The van der Waals surface area contributed by atoms with Gasteiger partial charge in [0.05, 0.1) is 38.2 Å². The smallest absolute Gasteiger partial charge is 0.367 e. The minimum Gasteiger partial charge on any atom is -0.367 e. The monoisotopic (exact) mass is 1070 g/mol. The summed E-state index contributed by atoms with van der Waals surface area (Å²) in [5.41, 5.74) is 1.16. The van der Waals surface area contributed by atoms with Crippen molar-refractivity contribution in [3.05, 3.63) is 54.5 Å². The highest BCUT2D eigenvalue weighted by atomic mass is 32.2. The van der Waals surface area contributed by atoms with Crippen molar-refractivity contribution in [2.24, 2.45) is 0 Å². The number of thioether (sulfide) groups is 2. The zero-order valence-corrected chi connectivity index (χ0v) is 40.2. The Morgan fingerprint density at radius 2 is 1.88 bits per heavy atom. The highest BCUT2D eigenvalue weighted by molar-refractivity contribution is 7.99. The largest absolute Gasteiger partial charge is 0.487 e. The van der Waals surface area contributed by atoms with Crippen LogP contribution in [0.15, 0.2) is 54.1 Å². The van der Waals surface area contributed by atoms with Crippen LogP contribution in [0.1, 0.15) is 50.0 Å². The SMILES string of the molecule is CSCCNc1nc(SCCC(F)(F)F)nc2c1ncn2C1CCC(COP(=O)(O)OP(=O)(O)OP(O)OPOCC2CC(OC(COF)c3ccccc3)[C@H](N3C=CCC(=O)NC3=O)O2)O1. The lowest BCUT2D eigenvalue weighted by atomic mass is 10.1. The van der Waals surface area contributed by atoms with E-state index in [4.69, 9.17) is 27.6 Å². The maximum Gasteiger partial charge on any atom is 0.487 e. The van der Waals surface area contributed by atoms with Gasteiger partial charge in [-0.2, -0.15) is 34.2 Å². The first-order valence-corrected chi connectivity index (χ1v) is 27.2. The lowest BCUT2D eigenvalue weighted by molar-refractivity contribution is -0.185. The van der Waals surface area contributed by atoms with Crippen molar-refractivity contribution in [2.75, 3.05) is 49.4 Å². The Labute approximate surface area is 390 Å². The summed E-state index contributed by atoms with van der Waals surface area (Å²) >= 11 is 2.39. The summed E-state index contributed by atoms with van der Waals surface area (Å²) in [5.74, 6) is 0.154. The van der Waals surface area contributed by atoms with Gasteiger partial charge in [-0.15, -0.1) is 0 Å². The Morgan fingerprint density at radius 1 is 1.09 bits per heavy atom. The first-order chi connectivity index (χ1) is 31.9. The molecule has 0 bridgehead atoms. The minimum absolute atomic E-state index is 0.0579. The average molecular weight is 1070 g/mol. The van der Waals surface area contributed by atoms with Crippen LogP contribution in [0.3, 0.4) is 0 Å². The molecule has 5 N–H and O–H groups in total. The molecular weight excluding hydrogens is 1030 g/mol. The van der Waals surface area contributed by atoms with Crippen molar-refractivity contribution in [3.63, 3.8) is 0 Å². The van der Waals surface area contributed by atoms with Gasteiger partial charge in [-0.3, -0.25) is 28.4 Å². The van der Waals surface area contributed by atoms with Gasteiger partial charge in [0.2, 0.25) is 5.91 Å². The normalized spacial score (nSPS) is 24.2. The second kappa shape index (κ2) is 25.1. The summed E-state index contributed by atoms with van der Waals surface area (Å²) in [5, 5.41) is 5.41. The molecule has 2 saturated heterocycles. The number of alkyl halides is 3. The van der Waals surface area contributed by atoms with E-state index in [0.717, 1.165) is 16.7 Å². The molecule has 1 aromatic carbocycles. The first-order valence-electron chi connectivity index (χ1n) is 19.9. The van der Waals surface area contributed by atoms with Gasteiger partial charge in [-0.05, 0) is 29.2 Å². The molecule has 0 spiro atoms. The maximum absolute atomic E-state index is 13.1. The number of amides is 3. The summed E-state index contributed by atoms with van der Waals surface area (Å²) in [4.78, 5) is 73.5. The van der Waals surface area contributed by atoms with Gasteiger partial charge in [-0.1, -0.05) is 48.2 Å². The number of nitrogens with zero attached hydrogens (tertiary/aromatic N) is 5. The number of halogens is 4. The van der Waals surface area contributed by atoms with Crippen LogP contribution in [0.2, 0.25) is 0 Å². The Hall–Kier alpha value is -2.49. The molecule has 3 aliphatic rings. The number of rotatable bonds is 26. The van der Waals surface area contributed by atoms with Gasteiger partial charge in [0.1, 0.15) is 25.0 Å². The zero-order valence-electron chi connectivity index (χ0n) is 34.9. The van der Waals surface area contributed by atoms with Crippen LogP contribution in [0, 0.1) is 0 Å². The lowest BCUT2D eigenvalue weighted by Gasteiger charge is -2.30. The van der Waals surface area contributed by atoms with Crippen molar-refractivity contribution < 1.29 is 92.2 Å².